The maximum atomic E-state index is 6.24. The molecule has 1 aromatic rings. The highest BCUT2D eigenvalue weighted by atomic mass is 35.5. The first-order valence-corrected chi connectivity index (χ1v) is 8.69. The number of hydrogen-bond donors (Lipinski definition) is 1. The van der Waals surface area contributed by atoms with Crippen molar-refractivity contribution in [3.05, 3.63) is 22.8 Å². The van der Waals surface area contributed by atoms with E-state index in [9.17, 15) is 0 Å². The zero-order chi connectivity index (χ0) is 14.7. The van der Waals surface area contributed by atoms with E-state index in [2.05, 4.69) is 17.2 Å². The summed E-state index contributed by atoms with van der Waals surface area (Å²) in [6.07, 6.45) is 9.09. The van der Waals surface area contributed by atoms with E-state index >= 15 is 0 Å². The Hall–Kier alpha value is -0.800. The highest BCUT2D eigenvalue weighted by molar-refractivity contribution is 6.31. The van der Waals surface area contributed by atoms with Gasteiger partial charge in [-0.3, -0.25) is 0 Å². The van der Waals surface area contributed by atoms with E-state index in [1.807, 2.05) is 12.1 Å². The molecule has 2 saturated carbocycles. The van der Waals surface area contributed by atoms with Gasteiger partial charge >= 0.3 is 0 Å². The molecule has 0 aromatic carbocycles. The van der Waals surface area contributed by atoms with Gasteiger partial charge in [0.05, 0.1) is 10.7 Å². The monoisotopic (exact) mass is 308 g/mol. The first-order valence-electron chi connectivity index (χ1n) is 8.31. The quantitative estimate of drug-likeness (QED) is 0.849. The summed E-state index contributed by atoms with van der Waals surface area (Å²) in [4.78, 5) is 4.62. The molecule has 2 atom stereocenters. The normalized spacial score (nSPS) is 25.8. The molecule has 2 aliphatic rings. The third kappa shape index (κ3) is 4.10. The van der Waals surface area contributed by atoms with Crippen molar-refractivity contribution in [2.75, 3.05) is 0 Å². The van der Waals surface area contributed by atoms with Crippen LogP contribution in [0.2, 0.25) is 5.02 Å². The van der Waals surface area contributed by atoms with Crippen LogP contribution in [0.4, 0.5) is 0 Å². The smallest absolute Gasteiger partial charge is 0.213 e. The summed E-state index contributed by atoms with van der Waals surface area (Å²) < 4.78 is 6.18. The minimum Gasteiger partial charge on any atom is -0.474 e. The summed E-state index contributed by atoms with van der Waals surface area (Å²) >= 11 is 6.24. The van der Waals surface area contributed by atoms with E-state index in [0.717, 1.165) is 29.6 Å². The van der Waals surface area contributed by atoms with Crippen LogP contribution in [-0.2, 0) is 6.54 Å². The van der Waals surface area contributed by atoms with Crippen molar-refractivity contribution in [2.45, 2.75) is 70.6 Å². The third-order valence-electron chi connectivity index (χ3n) is 4.66. The lowest BCUT2D eigenvalue weighted by molar-refractivity contribution is 0.0856. The molecule has 0 aliphatic heterocycles. The van der Waals surface area contributed by atoms with E-state index in [-0.39, 0.29) is 0 Å². The lowest BCUT2D eigenvalue weighted by atomic mass is 9.85. The van der Waals surface area contributed by atoms with Crippen molar-refractivity contribution in [3.8, 4) is 5.88 Å². The molecular weight excluding hydrogens is 284 g/mol. The van der Waals surface area contributed by atoms with E-state index < -0.39 is 0 Å². The first-order chi connectivity index (χ1) is 10.3. The largest absolute Gasteiger partial charge is 0.474 e. The number of ether oxygens (including phenoxy) is 1. The van der Waals surface area contributed by atoms with E-state index in [0.29, 0.717) is 18.1 Å². The number of nitrogens with zero attached hydrogens (tertiary/aromatic N) is 1. The average molecular weight is 309 g/mol. The summed E-state index contributed by atoms with van der Waals surface area (Å²) in [6, 6.07) is 4.48. The van der Waals surface area contributed by atoms with Gasteiger partial charge in [0.25, 0.3) is 0 Å². The zero-order valence-electron chi connectivity index (χ0n) is 12.8. The molecule has 3 rings (SSSR count). The Balaban J connectivity index is 1.64. The third-order valence-corrected chi connectivity index (χ3v) is 5.01. The molecule has 0 radical (unpaired) electrons. The zero-order valence-corrected chi connectivity index (χ0v) is 13.5. The van der Waals surface area contributed by atoms with Gasteiger partial charge in [0.1, 0.15) is 6.10 Å². The Kier molecular flexibility index (Phi) is 5.02. The number of pyridine rings is 1. The second-order valence-corrected chi connectivity index (χ2v) is 6.75. The van der Waals surface area contributed by atoms with Crippen LogP contribution in [0, 0.1) is 5.92 Å². The van der Waals surface area contributed by atoms with Crippen LogP contribution in [-0.4, -0.2) is 17.1 Å². The highest BCUT2D eigenvalue weighted by Gasteiger charge is 2.26. The van der Waals surface area contributed by atoms with E-state index in [1.54, 1.807) is 0 Å². The second-order valence-electron chi connectivity index (χ2n) is 6.34. The van der Waals surface area contributed by atoms with Crippen molar-refractivity contribution in [1.29, 1.82) is 0 Å². The molecule has 116 valence electrons. The molecule has 1 heterocycles. The molecule has 0 bridgehead atoms. The lowest BCUT2D eigenvalue weighted by Gasteiger charge is -2.30. The van der Waals surface area contributed by atoms with Gasteiger partial charge in [0.15, 0.2) is 0 Å². The highest BCUT2D eigenvalue weighted by Crippen LogP contribution is 2.30. The Morgan fingerprint density at radius 1 is 1.24 bits per heavy atom. The minimum absolute atomic E-state index is 0.321. The Labute approximate surface area is 132 Å². The average Bonchev–Trinajstić information content (AvgIpc) is 3.32. The molecule has 2 fully saturated rings. The molecule has 1 aromatic heterocycles. The molecule has 4 heteroatoms. The van der Waals surface area contributed by atoms with Crippen molar-refractivity contribution >= 4 is 11.6 Å². The number of rotatable bonds is 6. The summed E-state index contributed by atoms with van der Waals surface area (Å²) in [5, 5.41) is 4.19. The summed E-state index contributed by atoms with van der Waals surface area (Å²) in [6.45, 7) is 3.00. The summed E-state index contributed by atoms with van der Waals surface area (Å²) in [7, 11) is 0. The Bertz CT molecular complexity index is 476. The van der Waals surface area contributed by atoms with E-state index in [1.165, 1.54) is 38.5 Å². The van der Waals surface area contributed by atoms with Gasteiger partial charge < -0.3 is 10.1 Å². The lowest BCUT2D eigenvalue weighted by Crippen LogP contribution is -2.30. The van der Waals surface area contributed by atoms with Gasteiger partial charge in [0.2, 0.25) is 5.88 Å². The fourth-order valence-corrected chi connectivity index (χ4v) is 3.31. The second kappa shape index (κ2) is 6.97. The standard InChI is InChI=1S/C17H25ClN2O/c1-2-12-5-3-4-6-16(12)21-17-10-9-14(18)15(20-17)11-19-13-7-8-13/h9-10,12-13,16,19H,2-8,11H2,1H3. The minimum atomic E-state index is 0.321. The molecular formula is C17H25ClN2O. The molecule has 0 spiro atoms. The summed E-state index contributed by atoms with van der Waals surface area (Å²) in [5.41, 5.74) is 0.907. The van der Waals surface area contributed by atoms with Crippen LogP contribution in [0.5, 0.6) is 5.88 Å². The van der Waals surface area contributed by atoms with Gasteiger partial charge in [-0.2, -0.15) is 0 Å². The fraction of sp³-hybridized carbons (Fsp3) is 0.706. The fourth-order valence-electron chi connectivity index (χ4n) is 3.13. The molecule has 3 nitrogen and oxygen atoms in total. The van der Waals surface area contributed by atoms with Gasteiger partial charge in [0, 0.05) is 18.7 Å². The van der Waals surface area contributed by atoms with Crippen LogP contribution in [0.3, 0.4) is 0 Å². The van der Waals surface area contributed by atoms with Gasteiger partial charge in [-0.15, -0.1) is 0 Å². The van der Waals surface area contributed by atoms with E-state index in [4.69, 9.17) is 16.3 Å². The molecule has 1 N–H and O–H groups in total. The van der Waals surface area contributed by atoms with Crippen LogP contribution >= 0.6 is 11.6 Å². The van der Waals surface area contributed by atoms with Crippen molar-refractivity contribution in [3.63, 3.8) is 0 Å². The van der Waals surface area contributed by atoms with Gasteiger partial charge in [-0.1, -0.05) is 24.9 Å². The number of nitrogens with one attached hydrogen (secondary N) is 1. The van der Waals surface area contributed by atoms with Crippen LogP contribution in [0.1, 0.15) is 57.6 Å². The predicted octanol–water partition coefficient (Wildman–Crippen LogP) is 4.33. The Morgan fingerprint density at radius 3 is 2.81 bits per heavy atom. The Morgan fingerprint density at radius 2 is 2.05 bits per heavy atom. The van der Waals surface area contributed by atoms with Crippen LogP contribution < -0.4 is 10.1 Å². The topological polar surface area (TPSA) is 34.1 Å². The maximum absolute atomic E-state index is 6.24. The van der Waals surface area contributed by atoms with Gasteiger partial charge in [-0.25, -0.2) is 4.98 Å². The number of hydrogen-bond acceptors (Lipinski definition) is 3. The molecule has 2 unspecified atom stereocenters. The van der Waals surface area contributed by atoms with Crippen LogP contribution in [0.25, 0.3) is 0 Å². The molecule has 2 aliphatic carbocycles. The SMILES string of the molecule is CCC1CCCCC1Oc1ccc(Cl)c(CNC2CC2)n1. The molecule has 21 heavy (non-hydrogen) atoms. The summed E-state index contributed by atoms with van der Waals surface area (Å²) in [5.74, 6) is 1.40. The first kappa shape index (κ1) is 15.1. The number of aromatic nitrogens is 1. The van der Waals surface area contributed by atoms with Crippen LogP contribution in [0.15, 0.2) is 12.1 Å². The molecule has 0 saturated heterocycles. The van der Waals surface area contributed by atoms with Crippen molar-refractivity contribution < 1.29 is 4.74 Å². The predicted molar refractivity (Wildman–Crippen MR) is 85.8 cm³/mol. The van der Waals surface area contributed by atoms with Crippen molar-refractivity contribution in [1.82, 2.24) is 10.3 Å². The van der Waals surface area contributed by atoms with Crippen molar-refractivity contribution in [2.24, 2.45) is 5.92 Å². The molecule has 0 amide bonds. The number of halogens is 1. The maximum Gasteiger partial charge on any atom is 0.213 e. The van der Waals surface area contributed by atoms with Gasteiger partial charge in [-0.05, 0) is 50.5 Å².